The minimum absolute atomic E-state index is 0. The van der Waals surface area contributed by atoms with Crippen molar-refractivity contribution in [1.29, 1.82) is 0 Å². The summed E-state index contributed by atoms with van der Waals surface area (Å²) in [6, 6.07) is 7.79. The number of ether oxygens (including phenoxy) is 1. The summed E-state index contributed by atoms with van der Waals surface area (Å²) >= 11 is 5.11. The molecule has 5 nitrogen and oxygen atoms in total. The van der Waals surface area contributed by atoms with Gasteiger partial charge in [0.15, 0.2) is 5.96 Å². The van der Waals surface area contributed by atoms with E-state index >= 15 is 0 Å². The quantitative estimate of drug-likeness (QED) is 0.260. The molecule has 0 amide bonds. The first kappa shape index (κ1) is 21.2. The Kier molecular flexibility index (Phi) is 9.60. The standard InChI is InChI=1S/C16H21BrN4OS.HI/c1-11-12(2)23-15(21-11)10-20-16(18-3)19-8-9-22-14-6-4-13(17)5-7-14;/h4-7H,8-10H2,1-3H3,(H2,18,19,20);1H. The zero-order valence-corrected chi connectivity index (χ0v) is 18.7. The van der Waals surface area contributed by atoms with E-state index < -0.39 is 0 Å². The second-order valence-corrected chi connectivity index (χ2v) is 7.11. The summed E-state index contributed by atoms with van der Waals surface area (Å²) in [5.74, 6) is 1.60. The van der Waals surface area contributed by atoms with Gasteiger partial charge in [0.25, 0.3) is 0 Å². The summed E-state index contributed by atoms with van der Waals surface area (Å²) in [5, 5.41) is 7.55. The number of benzene rings is 1. The van der Waals surface area contributed by atoms with Gasteiger partial charge in [-0.05, 0) is 38.1 Å². The van der Waals surface area contributed by atoms with Crippen LogP contribution in [0, 0.1) is 13.8 Å². The van der Waals surface area contributed by atoms with E-state index in [1.54, 1.807) is 18.4 Å². The van der Waals surface area contributed by atoms with Crippen LogP contribution in [0.3, 0.4) is 0 Å². The number of thiazole rings is 1. The van der Waals surface area contributed by atoms with Crippen LogP contribution in [0.4, 0.5) is 0 Å². The molecule has 8 heteroatoms. The first-order chi connectivity index (χ1) is 11.1. The van der Waals surface area contributed by atoms with E-state index in [9.17, 15) is 0 Å². The van der Waals surface area contributed by atoms with Gasteiger partial charge in [0, 0.05) is 16.4 Å². The first-order valence-electron chi connectivity index (χ1n) is 7.34. The number of nitrogens with one attached hydrogen (secondary N) is 2. The fourth-order valence-corrected chi connectivity index (χ4v) is 3.00. The zero-order valence-electron chi connectivity index (χ0n) is 13.9. The van der Waals surface area contributed by atoms with E-state index in [1.165, 1.54) is 4.88 Å². The molecule has 0 aliphatic heterocycles. The van der Waals surface area contributed by atoms with Crippen LogP contribution in [-0.4, -0.2) is 31.1 Å². The Balaban J connectivity index is 0.00000288. The first-order valence-corrected chi connectivity index (χ1v) is 8.95. The minimum Gasteiger partial charge on any atom is -0.492 e. The highest BCUT2D eigenvalue weighted by molar-refractivity contribution is 14.0. The molecule has 2 N–H and O–H groups in total. The Labute approximate surface area is 172 Å². The molecule has 0 bridgehead atoms. The predicted molar refractivity (Wildman–Crippen MR) is 115 cm³/mol. The van der Waals surface area contributed by atoms with Gasteiger partial charge in [-0.2, -0.15) is 0 Å². The number of aliphatic imine (C=N–C) groups is 1. The Morgan fingerprint density at radius 3 is 2.54 bits per heavy atom. The monoisotopic (exact) mass is 524 g/mol. The maximum absolute atomic E-state index is 5.66. The molecule has 0 spiro atoms. The van der Waals surface area contributed by atoms with E-state index in [-0.39, 0.29) is 24.0 Å². The average Bonchev–Trinajstić information content (AvgIpc) is 2.87. The third-order valence-corrected chi connectivity index (χ3v) is 4.78. The average molecular weight is 525 g/mol. The van der Waals surface area contributed by atoms with Crippen LogP contribution in [0.5, 0.6) is 5.75 Å². The summed E-state index contributed by atoms with van der Waals surface area (Å²) in [4.78, 5) is 9.96. The number of guanidine groups is 1. The molecule has 24 heavy (non-hydrogen) atoms. The van der Waals surface area contributed by atoms with Gasteiger partial charge in [0.2, 0.25) is 0 Å². The van der Waals surface area contributed by atoms with Crippen molar-refractivity contribution in [3.05, 3.63) is 44.3 Å². The van der Waals surface area contributed by atoms with Crippen LogP contribution in [-0.2, 0) is 6.54 Å². The summed E-state index contributed by atoms with van der Waals surface area (Å²) < 4.78 is 6.70. The molecular formula is C16H22BrIN4OS. The van der Waals surface area contributed by atoms with Gasteiger partial charge in [0.05, 0.1) is 18.8 Å². The Hall–Kier alpha value is -0.870. The summed E-state index contributed by atoms with van der Waals surface area (Å²) in [5.41, 5.74) is 1.10. The smallest absolute Gasteiger partial charge is 0.191 e. The number of aromatic nitrogens is 1. The second-order valence-electron chi connectivity index (χ2n) is 4.90. The van der Waals surface area contributed by atoms with Crippen molar-refractivity contribution in [3.8, 4) is 5.75 Å². The van der Waals surface area contributed by atoms with Gasteiger partial charge in [0.1, 0.15) is 17.4 Å². The van der Waals surface area contributed by atoms with E-state index in [0.29, 0.717) is 19.7 Å². The van der Waals surface area contributed by atoms with Crippen molar-refractivity contribution in [2.24, 2.45) is 4.99 Å². The molecule has 1 aromatic carbocycles. The normalized spacial score (nSPS) is 10.9. The van der Waals surface area contributed by atoms with Crippen LogP contribution in [0.15, 0.2) is 33.7 Å². The van der Waals surface area contributed by atoms with Gasteiger partial charge in [-0.15, -0.1) is 35.3 Å². The molecule has 0 unspecified atom stereocenters. The minimum atomic E-state index is 0. The maximum atomic E-state index is 5.66. The predicted octanol–water partition coefficient (Wildman–Crippen LogP) is 3.88. The Morgan fingerprint density at radius 1 is 1.25 bits per heavy atom. The molecule has 0 fully saturated rings. The van der Waals surface area contributed by atoms with Gasteiger partial charge < -0.3 is 15.4 Å². The molecule has 0 aliphatic rings. The molecule has 0 atom stereocenters. The third kappa shape index (κ3) is 6.94. The van der Waals surface area contributed by atoms with E-state index in [2.05, 4.69) is 43.5 Å². The van der Waals surface area contributed by atoms with Crippen molar-refractivity contribution >= 4 is 57.2 Å². The molecule has 1 heterocycles. The Morgan fingerprint density at radius 2 is 1.96 bits per heavy atom. The van der Waals surface area contributed by atoms with Crippen molar-refractivity contribution in [3.63, 3.8) is 0 Å². The maximum Gasteiger partial charge on any atom is 0.191 e. The number of rotatable bonds is 6. The van der Waals surface area contributed by atoms with E-state index in [0.717, 1.165) is 26.9 Å². The van der Waals surface area contributed by atoms with E-state index in [4.69, 9.17) is 4.74 Å². The fourth-order valence-electron chi connectivity index (χ4n) is 1.86. The molecule has 0 saturated heterocycles. The lowest BCUT2D eigenvalue weighted by atomic mass is 10.3. The lowest BCUT2D eigenvalue weighted by Crippen LogP contribution is -2.38. The van der Waals surface area contributed by atoms with Crippen LogP contribution in [0.25, 0.3) is 0 Å². The zero-order chi connectivity index (χ0) is 16.7. The number of hydrogen-bond donors (Lipinski definition) is 2. The van der Waals surface area contributed by atoms with Gasteiger partial charge in [-0.3, -0.25) is 4.99 Å². The number of nitrogens with zero attached hydrogens (tertiary/aromatic N) is 2. The van der Waals surface area contributed by atoms with Crippen molar-refractivity contribution < 1.29 is 4.74 Å². The van der Waals surface area contributed by atoms with Crippen LogP contribution in [0.2, 0.25) is 0 Å². The van der Waals surface area contributed by atoms with Crippen molar-refractivity contribution in [1.82, 2.24) is 15.6 Å². The highest BCUT2D eigenvalue weighted by atomic mass is 127. The van der Waals surface area contributed by atoms with Crippen LogP contribution >= 0.6 is 51.2 Å². The highest BCUT2D eigenvalue weighted by Crippen LogP contribution is 2.16. The highest BCUT2D eigenvalue weighted by Gasteiger charge is 2.04. The van der Waals surface area contributed by atoms with Crippen molar-refractivity contribution in [2.45, 2.75) is 20.4 Å². The van der Waals surface area contributed by atoms with E-state index in [1.807, 2.05) is 31.2 Å². The lowest BCUT2D eigenvalue weighted by Gasteiger charge is -2.11. The van der Waals surface area contributed by atoms with Crippen LogP contribution < -0.4 is 15.4 Å². The number of hydrogen-bond acceptors (Lipinski definition) is 4. The van der Waals surface area contributed by atoms with Gasteiger partial charge >= 0.3 is 0 Å². The summed E-state index contributed by atoms with van der Waals surface area (Å²) in [6.07, 6.45) is 0. The SMILES string of the molecule is CN=C(NCCOc1ccc(Br)cc1)NCc1nc(C)c(C)s1.I. The molecular weight excluding hydrogens is 503 g/mol. The summed E-state index contributed by atoms with van der Waals surface area (Å²) in [7, 11) is 1.75. The number of halogens is 2. The van der Waals surface area contributed by atoms with Gasteiger partial charge in [-0.25, -0.2) is 4.98 Å². The Bertz CT molecular complexity index is 641. The molecule has 0 aliphatic carbocycles. The summed E-state index contributed by atoms with van der Waals surface area (Å²) in [6.45, 7) is 6.03. The molecule has 0 radical (unpaired) electrons. The third-order valence-electron chi connectivity index (χ3n) is 3.18. The molecule has 1 aromatic heterocycles. The molecule has 0 saturated carbocycles. The molecule has 132 valence electrons. The fraction of sp³-hybridized carbons (Fsp3) is 0.375. The van der Waals surface area contributed by atoms with Crippen LogP contribution in [0.1, 0.15) is 15.6 Å². The second kappa shape index (κ2) is 10.9. The lowest BCUT2D eigenvalue weighted by molar-refractivity contribution is 0.322. The molecule has 2 rings (SSSR count). The van der Waals surface area contributed by atoms with Crippen molar-refractivity contribution in [2.75, 3.05) is 20.2 Å². The largest absolute Gasteiger partial charge is 0.492 e. The van der Waals surface area contributed by atoms with Gasteiger partial charge in [-0.1, -0.05) is 15.9 Å². The molecule has 2 aromatic rings. The number of aryl methyl sites for hydroxylation is 2. The topological polar surface area (TPSA) is 58.5 Å².